The van der Waals surface area contributed by atoms with Crippen molar-refractivity contribution in [3.8, 4) is 0 Å². The molecule has 4 heterocycles. The van der Waals surface area contributed by atoms with Crippen molar-refractivity contribution in [3.63, 3.8) is 0 Å². The first-order valence-corrected chi connectivity index (χ1v) is 14.9. The first-order chi connectivity index (χ1) is 18.2. The Kier molecular flexibility index (Phi) is 7.56. The van der Waals surface area contributed by atoms with E-state index in [1.807, 2.05) is 37.3 Å². The number of likely N-dealkylation sites (N-methyl/N-ethyl adjacent to an activating group) is 1. The van der Waals surface area contributed by atoms with Crippen LogP contribution in [0.15, 0.2) is 47.0 Å². The van der Waals surface area contributed by atoms with Crippen molar-refractivity contribution in [3.05, 3.63) is 65.1 Å². The zero-order chi connectivity index (χ0) is 26.9. The van der Waals surface area contributed by atoms with E-state index in [0.29, 0.717) is 25.7 Å². The standard InChI is InChI=1S/C28H35N5O4S/c1-20-24-6-4-5-7-25(24)37-26(20)19-31(2)27(34)11-8-21-16-22-9-10-23(18-30-28(22)29-17-21)32-12-14-33(15-13-32)38(3,35)36/h4-8,11,16-17,23H,9-10,12-15,18-19H2,1-3H3,(H,29,30)/b11-8+. The summed E-state index contributed by atoms with van der Waals surface area (Å²) in [5.74, 6) is 1.56. The molecule has 1 N–H and O–H groups in total. The Morgan fingerprint density at radius 2 is 2.00 bits per heavy atom. The number of aromatic nitrogens is 1. The van der Waals surface area contributed by atoms with Crippen LogP contribution in [-0.4, -0.2) is 85.5 Å². The van der Waals surface area contributed by atoms with Gasteiger partial charge in [0, 0.05) is 69.0 Å². The smallest absolute Gasteiger partial charge is 0.246 e. The molecule has 0 aliphatic carbocycles. The lowest BCUT2D eigenvalue weighted by molar-refractivity contribution is -0.125. The normalized spacial score (nSPS) is 19.3. The Morgan fingerprint density at radius 1 is 1.24 bits per heavy atom. The number of piperazine rings is 1. The number of furan rings is 1. The molecular formula is C28H35N5O4S. The lowest BCUT2D eigenvalue weighted by atomic mass is 10.0. The molecule has 2 aromatic heterocycles. The molecule has 38 heavy (non-hydrogen) atoms. The molecular weight excluding hydrogens is 502 g/mol. The number of amides is 1. The van der Waals surface area contributed by atoms with Crippen LogP contribution in [0, 0.1) is 6.92 Å². The van der Waals surface area contributed by atoms with Gasteiger partial charge in [-0.15, -0.1) is 0 Å². The predicted octanol–water partition coefficient (Wildman–Crippen LogP) is 3.11. The third-order valence-corrected chi connectivity index (χ3v) is 8.92. The van der Waals surface area contributed by atoms with Gasteiger partial charge < -0.3 is 14.6 Å². The van der Waals surface area contributed by atoms with Crippen LogP contribution >= 0.6 is 0 Å². The third kappa shape index (κ3) is 5.77. The number of nitrogens with one attached hydrogen (secondary N) is 1. The Bertz CT molecular complexity index is 1460. The number of anilines is 1. The molecule has 10 heteroatoms. The second kappa shape index (κ2) is 10.9. The molecule has 1 unspecified atom stereocenters. The van der Waals surface area contributed by atoms with Crippen LogP contribution in [0.4, 0.5) is 5.82 Å². The number of hydrogen-bond acceptors (Lipinski definition) is 7. The van der Waals surface area contributed by atoms with E-state index in [1.54, 1.807) is 28.5 Å². The van der Waals surface area contributed by atoms with Gasteiger partial charge in [0.2, 0.25) is 15.9 Å². The van der Waals surface area contributed by atoms with Crippen LogP contribution < -0.4 is 5.32 Å². The number of sulfonamides is 1. The molecule has 1 saturated heterocycles. The van der Waals surface area contributed by atoms with E-state index in [9.17, 15) is 13.2 Å². The van der Waals surface area contributed by atoms with Gasteiger partial charge in [0.05, 0.1) is 12.8 Å². The minimum Gasteiger partial charge on any atom is -0.459 e. The monoisotopic (exact) mass is 537 g/mol. The quantitative estimate of drug-likeness (QED) is 0.483. The topological polar surface area (TPSA) is 99.0 Å². The largest absolute Gasteiger partial charge is 0.459 e. The van der Waals surface area contributed by atoms with Crippen LogP contribution in [0.5, 0.6) is 0 Å². The summed E-state index contributed by atoms with van der Waals surface area (Å²) in [5.41, 5.74) is 3.90. The van der Waals surface area contributed by atoms with Crippen molar-refractivity contribution in [1.82, 2.24) is 19.1 Å². The highest BCUT2D eigenvalue weighted by atomic mass is 32.2. The van der Waals surface area contributed by atoms with E-state index in [2.05, 4.69) is 21.3 Å². The molecule has 1 fully saturated rings. The molecule has 1 amide bonds. The fourth-order valence-electron chi connectivity index (χ4n) is 5.28. The fourth-order valence-corrected chi connectivity index (χ4v) is 6.11. The maximum Gasteiger partial charge on any atom is 0.246 e. The Labute approximate surface area is 224 Å². The van der Waals surface area contributed by atoms with E-state index in [-0.39, 0.29) is 5.91 Å². The van der Waals surface area contributed by atoms with E-state index >= 15 is 0 Å². The van der Waals surface area contributed by atoms with Gasteiger partial charge in [-0.3, -0.25) is 9.69 Å². The summed E-state index contributed by atoms with van der Waals surface area (Å²) in [7, 11) is -1.36. The summed E-state index contributed by atoms with van der Waals surface area (Å²) < 4.78 is 31.2. The average Bonchev–Trinajstić information content (AvgIpc) is 3.07. The van der Waals surface area contributed by atoms with E-state index < -0.39 is 10.0 Å². The molecule has 0 saturated carbocycles. The summed E-state index contributed by atoms with van der Waals surface area (Å²) in [6.07, 6.45) is 8.28. The van der Waals surface area contributed by atoms with Gasteiger partial charge in [0.1, 0.15) is 17.2 Å². The minimum atomic E-state index is -3.13. The Balaban J connectivity index is 1.18. The van der Waals surface area contributed by atoms with Crippen LogP contribution in [0.2, 0.25) is 0 Å². The number of fused-ring (bicyclic) bond motifs is 2. The lowest BCUT2D eigenvalue weighted by Gasteiger charge is -2.38. The first-order valence-electron chi connectivity index (χ1n) is 13.0. The van der Waals surface area contributed by atoms with Gasteiger partial charge in [-0.05, 0) is 49.1 Å². The highest BCUT2D eigenvalue weighted by Crippen LogP contribution is 2.26. The molecule has 0 radical (unpaired) electrons. The summed E-state index contributed by atoms with van der Waals surface area (Å²) in [4.78, 5) is 21.5. The van der Waals surface area contributed by atoms with Gasteiger partial charge in [0.15, 0.2) is 0 Å². The van der Waals surface area contributed by atoms with Crippen molar-refractivity contribution in [2.75, 3.05) is 51.3 Å². The second-order valence-corrected chi connectivity index (χ2v) is 12.2. The molecule has 1 aromatic carbocycles. The van der Waals surface area contributed by atoms with E-state index in [4.69, 9.17) is 4.42 Å². The third-order valence-electron chi connectivity index (χ3n) is 7.62. The second-order valence-electron chi connectivity index (χ2n) is 10.2. The average molecular weight is 538 g/mol. The number of carbonyl (C=O) groups excluding carboxylic acids is 1. The zero-order valence-corrected chi connectivity index (χ0v) is 23.0. The van der Waals surface area contributed by atoms with Crippen LogP contribution in [0.3, 0.4) is 0 Å². The number of pyridine rings is 1. The molecule has 9 nitrogen and oxygen atoms in total. The van der Waals surface area contributed by atoms with Crippen molar-refractivity contribution < 1.29 is 17.6 Å². The predicted molar refractivity (Wildman–Crippen MR) is 149 cm³/mol. The number of hydrogen-bond donors (Lipinski definition) is 1. The number of rotatable bonds is 6. The van der Waals surface area contributed by atoms with E-state index in [1.165, 1.54) is 6.26 Å². The van der Waals surface area contributed by atoms with Crippen molar-refractivity contribution in [2.24, 2.45) is 0 Å². The number of aryl methyl sites for hydroxylation is 2. The van der Waals surface area contributed by atoms with Crippen molar-refractivity contribution in [2.45, 2.75) is 32.4 Å². The highest BCUT2D eigenvalue weighted by Gasteiger charge is 2.29. The summed E-state index contributed by atoms with van der Waals surface area (Å²) in [6, 6.07) is 10.3. The molecule has 5 rings (SSSR count). The summed E-state index contributed by atoms with van der Waals surface area (Å²) in [5, 5.41) is 4.54. The molecule has 2 aliphatic rings. The SMILES string of the molecule is Cc1c(CN(C)C(=O)/C=C/c2cnc3c(c2)CCC(N2CCN(S(C)(=O)=O)CC2)CN3)oc2ccccc12. The van der Waals surface area contributed by atoms with Crippen molar-refractivity contribution >= 4 is 38.8 Å². The van der Waals surface area contributed by atoms with Crippen molar-refractivity contribution in [1.29, 1.82) is 0 Å². The maximum atomic E-state index is 12.8. The van der Waals surface area contributed by atoms with Gasteiger partial charge in [0.25, 0.3) is 0 Å². The molecule has 0 bridgehead atoms. The molecule has 3 aromatic rings. The highest BCUT2D eigenvalue weighted by molar-refractivity contribution is 7.88. The summed E-state index contributed by atoms with van der Waals surface area (Å²) >= 11 is 0. The van der Waals surface area contributed by atoms with Crippen LogP contribution in [-0.2, 0) is 27.8 Å². The number of benzene rings is 1. The van der Waals surface area contributed by atoms with Gasteiger partial charge >= 0.3 is 0 Å². The van der Waals surface area contributed by atoms with Gasteiger partial charge in [-0.25, -0.2) is 13.4 Å². The lowest BCUT2D eigenvalue weighted by Crippen LogP contribution is -2.53. The summed E-state index contributed by atoms with van der Waals surface area (Å²) in [6.45, 7) is 5.74. The number of nitrogens with zero attached hydrogens (tertiary/aromatic N) is 4. The number of para-hydroxylation sites is 1. The first kappa shape index (κ1) is 26.4. The van der Waals surface area contributed by atoms with Gasteiger partial charge in [-0.1, -0.05) is 18.2 Å². The number of carbonyl (C=O) groups is 1. The Hall–Kier alpha value is -3.21. The molecule has 0 spiro atoms. The molecule has 2 aliphatic heterocycles. The minimum absolute atomic E-state index is 0.105. The fraction of sp³-hybridized carbons (Fsp3) is 0.429. The van der Waals surface area contributed by atoms with E-state index in [0.717, 1.165) is 71.7 Å². The maximum absolute atomic E-state index is 12.8. The zero-order valence-electron chi connectivity index (χ0n) is 22.2. The molecule has 1 atom stereocenters. The molecule has 202 valence electrons. The van der Waals surface area contributed by atoms with Crippen LogP contribution in [0.1, 0.15) is 28.9 Å². The van der Waals surface area contributed by atoms with Crippen LogP contribution in [0.25, 0.3) is 17.0 Å². The Morgan fingerprint density at radius 3 is 2.74 bits per heavy atom. The van der Waals surface area contributed by atoms with Gasteiger partial charge in [-0.2, -0.15) is 4.31 Å².